The van der Waals surface area contributed by atoms with Crippen molar-refractivity contribution >= 4 is 44.1 Å². The normalized spacial score (nSPS) is 15.9. The van der Waals surface area contributed by atoms with Gasteiger partial charge in [0.2, 0.25) is 21.4 Å². The standard InChI is InChI=1S/C23H24N4O3S2.C22H22N4OS/c1-14(2)30-21-12-11-15(13-20(21)24-3)22-25-26-23(31-22)18-9-5-8-17-16(18)7-6-10-19(17)27-32(4,28)29;1-13(2)27-20-11-10-14(12-19(20)24-3)21-25-26-22(28-21)17-8-4-7-16-15(17)6-5-9-18(16)23/h5,8-9,11-14,19,27H,6-7,10H2,1-2,4H3;4,7-8,10-13,18H,5-6,9,23H2,1-2H3/t19-;18-/m11/s1. The predicted molar refractivity (Wildman–Crippen MR) is 239 cm³/mol. The molecule has 0 fully saturated rings. The number of nitrogens with one attached hydrogen (secondary N) is 1. The number of ether oxygens (including phenoxy) is 2. The van der Waals surface area contributed by atoms with Crippen molar-refractivity contribution in [2.24, 2.45) is 5.73 Å². The number of nitrogens with two attached hydrogens (primary N) is 1. The summed E-state index contributed by atoms with van der Waals surface area (Å²) in [5.41, 5.74) is 15.7. The fourth-order valence-electron chi connectivity index (χ4n) is 7.60. The smallest absolute Gasteiger partial charge is 0.228 e. The molecule has 0 amide bonds. The lowest BCUT2D eigenvalue weighted by molar-refractivity contribution is 0.244. The molecule has 15 heteroatoms. The first kappa shape index (κ1) is 42.6. The van der Waals surface area contributed by atoms with Gasteiger partial charge in [0.25, 0.3) is 0 Å². The number of hydrogen-bond donors (Lipinski definition) is 2. The Bertz CT molecular complexity index is 2710. The molecule has 0 spiro atoms. The van der Waals surface area contributed by atoms with E-state index in [2.05, 4.69) is 53.0 Å². The van der Waals surface area contributed by atoms with Gasteiger partial charge in [-0.3, -0.25) is 0 Å². The lowest BCUT2D eigenvalue weighted by atomic mass is 9.85. The van der Waals surface area contributed by atoms with E-state index in [9.17, 15) is 8.42 Å². The Labute approximate surface area is 359 Å². The second kappa shape index (κ2) is 18.4. The highest BCUT2D eigenvalue weighted by Gasteiger charge is 2.26. The summed E-state index contributed by atoms with van der Waals surface area (Å²) >= 11 is 3.01. The van der Waals surface area contributed by atoms with E-state index in [1.165, 1.54) is 28.7 Å². The van der Waals surface area contributed by atoms with Crippen molar-refractivity contribution in [1.29, 1.82) is 0 Å². The quantitative estimate of drug-likeness (QED) is 0.128. The zero-order valence-corrected chi connectivity index (χ0v) is 36.5. The second-order valence-corrected chi connectivity index (χ2v) is 19.1. The number of aromatic nitrogens is 4. The van der Waals surface area contributed by atoms with Crippen LogP contribution in [-0.2, 0) is 22.9 Å². The Balaban J connectivity index is 0.000000183. The third-order valence-corrected chi connectivity index (χ3v) is 12.8. The van der Waals surface area contributed by atoms with Crippen LogP contribution in [0, 0.1) is 13.1 Å². The molecule has 0 aliphatic heterocycles. The van der Waals surface area contributed by atoms with Crippen molar-refractivity contribution in [1.82, 2.24) is 25.1 Å². The zero-order valence-electron chi connectivity index (χ0n) is 34.1. The molecule has 8 rings (SSSR count). The Morgan fingerprint density at radius 2 is 1.17 bits per heavy atom. The van der Waals surface area contributed by atoms with Gasteiger partial charge in [0, 0.05) is 34.3 Å². The third kappa shape index (κ3) is 9.73. The van der Waals surface area contributed by atoms with Crippen LogP contribution in [0.5, 0.6) is 11.5 Å². The van der Waals surface area contributed by atoms with Crippen LogP contribution in [0.4, 0.5) is 11.4 Å². The van der Waals surface area contributed by atoms with Crippen molar-refractivity contribution in [3.8, 4) is 53.8 Å². The lowest BCUT2D eigenvalue weighted by Gasteiger charge is -2.27. The molecule has 308 valence electrons. The van der Waals surface area contributed by atoms with E-state index >= 15 is 0 Å². The van der Waals surface area contributed by atoms with Crippen LogP contribution < -0.4 is 19.9 Å². The first-order valence-electron chi connectivity index (χ1n) is 19.8. The van der Waals surface area contributed by atoms with E-state index in [1.54, 1.807) is 23.5 Å². The van der Waals surface area contributed by atoms with Crippen LogP contribution in [0.3, 0.4) is 0 Å². The maximum atomic E-state index is 11.8. The monoisotopic (exact) mass is 858 g/mol. The van der Waals surface area contributed by atoms with E-state index in [-0.39, 0.29) is 24.3 Å². The lowest BCUT2D eigenvalue weighted by Crippen LogP contribution is -2.30. The Morgan fingerprint density at radius 3 is 1.65 bits per heavy atom. The van der Waals surface area contributed by atoms with E-state index in [0.717, 1.165) is 91.9 Å². The van der Waals surface area contributed by atoms with Crippen LogP contribution in [0.1, 0.15) is 87.7 Å². The number of sulfonamides is 1. The molecular formula is C45H46N8O4S3. The summed E-state index contributed by atoms with van der Waals surface area (Å²) in [6, 6.07) is 23.2. The van der Waals surface area contributed by atoms with Gasteiger partial charge in [-0.25, -0.2) is 22.8 Å². The molecule has 4 aromatic carbocycles. The van der Waals surface area contributed by atoms with Crippen molar-refractivity contribution < 1.29 is 17.9 Å². The van der Waals surface area contributed by atoms with E-state index in [1.807, 2.05) is 70.2 Å². The average Bonchev–Trinajstić information content (AvgIpc) is 3.92. The molecule has 2 aromatic heterocycles. The maximum absolute atomic E-state index is 11.8. The van der Waals surface area contributed by atoms with Crippen LogP contribution in [0.25, 0.3) is 52.0 Å². The molecule has 0 unspecified atom stereocenters. The van der Waals surface area contributed by atoms with Gasteiger partial charge in [0.05, 0.1) is 31.6 Å². The summed E-state index contributed by atoms with van der Waals surface area (Å²) in [5.74, 6) is 1.16. The molecule has 60 heavy (non-hydrogen) atoms. The molecular weight excluding hydrogens is 813 g/mol. The summed E-state index contributed by atoms with van der Waals surface area (Å²) in [6.07, 6.45) is 6.89. The van der Waals surface area contributed by atoms with Gasteiger partial charge >= 0.3 is 0 Å². The zero-order chi connectivity index (χ0) is 42.6. The van der Waals surface area contributed by atoms with E-state index < -0.39 is 10.0 Å². The van der Waals surface area contributed by atoms with Crippen molar-refractivity contribution in [3.05, 3.63) is 118 Å². The average molecular weight is 859 g/mol. The predicted octanol–water partition coefficient (Wildman–Crippen LogP) is 10.7. The maximum Gasteiger partial charge on any atom is 0.228 e. The molecule has 2 heterocycles. The molecule has 0 saturated carbocycles. The molecule has 2 aliphatic rings. The van der Waals surface area contributed by atoms with Crippen LogP contribution in [0.2, 0.25) is 0 Å². The molecule has 0 saturated heterocycles. The fraction of sp³-hybridized carbons (Fsp3) is 0.333. The molecule has 0 radical (unpaired) electrons. The minimum absolute atomic E-state index is 0.0141. The molecule has 6 aromatic rings. The molecule has 3 N–H and O–H groups in total. The van der Waals surface area contributed by atoms with Crippen LogP contribution in [-0.4, -0.2) is 47.3 Å². The fourth-order valence-corrected chi connectivity index (χ4v) is 10.1. The highest BCUT2D eigenvalue weighted by atomic mass is 32.2. The number of benzene rings is 4. The Morgan fingerprint density at radius 1 is 0.700 bits per heavy atom. The summed E-state index contributed by atoms with van der Waals surface area (Å²) in [4.78, 5) is 7.20. The highest BCUT2D eigenvalue weighted by Crippen LogP contribution is 2.42. The van der Waals surface area contributed by atoms with Gasteiger partial charge in [-0.05, 0) is 113 Å². The number of fused-ring (bicyclic) bond motifs is 2. The van der Waals surface area contributed by atoms with Gasteiger partial charge in [0.15, 0.2) is 0 Å². The van der Waals surface area contributed by atoms with Gasteiger partial charge in [0.1, 0.15) is 31.5 Å². The number of rotatable bonds is 10. The minimum Gasteiger partial charge on any atom is -0.502 e. The third-order valence-electron chi connectivity index (χ3n) is 10.1. The largest absolute Gasteiger partial charge is 0.502 e. The Hall–Kier alpha value is -5.55. The van der Waals surface area contributed by atoms with Gasteiger partial charge < -0.3 is 15.2 Å². The van der Waals surface area contributed by atoms with Crippen molar-refractivity contribution in [2.45, 2.75) is 90.5 Å². The van der Waals surface area contributed by atoms with Crippen molar-refractivity contribution in [2.75, 3.05) is 6.26 Å². The summed E-state index contributed by atoms with van der Waals surface area (Å²) < 4.78 is 37.8. The van der Waals surface area contributed by atoms with Gasteiger partial charge in [-0.15, -0.1) is 20.4 Å². The molecule has 2 atom stereocenters. The molecule has 12 nitrogen and oxygen atoms in total. The first-order chi connectivity index (χ1) is 28.8. The number of nitrogens with zero attached hydrogens (tertiary/aromatic N) is 6. The first-order valence-corrected chi connectivity index (χ1v) is 23.4. The Kier molecular flexibility index (Phi) is 13.0. The second-order valence-electron chi connectivity index (χ2n) is 15.3. The van der Waals surface area contributed by atoms with Gasteiger partial charge in [-0.2, -0.15) is 0 Å². The summed E-state index contributed by atoms with van der Waals surface area (Å²) in [7, 11) is -3.30. The van der Waals surface area contributed by atoms with Crippen molar-refractivity contribution in [3.63, 3.8) is 0 Å². The van der Waals surface area contributed by atoms with Crippen LogP contribution >= 0.6 is 22.7 Å². The molecule has 0 bridgehead atoms. The summed E-state index contributed by atoms with van der Waals surface area (Å²) in [6.45, 7) is 22.7. The summed E-state index contributed by atoms with van der Waals surface area (Å²) in [5, 5.41) is 20.8. The topological polar surface area (TPSA) is 151 Å². The van der Waals surface area contributed by atoms with Gasteiger partial charge in [-0.1, -0.05) is 71.2 Å². The highest BCUT2D eigenvalue weighted by molar-refractivity contribution is 7.88. The number of hydrogen-bond acceptors (Lipinski definition) is 11. The van der Waals surface area contributed by atoms with Crippen LogP contribution in [0.15, 0.2) is 72.8 Å². The van der Waals surface area contributed by atoms with E-state index in [4.69, 9.17) is 28.4 Å². The molecule has 2 aliphatic carbocycles. The van der Waals surface area contributed by atoms with E-state index in [0.29, 0.717) is 22.9 Å². The minimum atomic E-state index is -3.30. The SMILES string of the molecule is [C-]#[N+]c1cc(-c2nnc(-c3cccc4c3CCC[C@H]4N)s2)ccc1OC(C)C.[C-]#[N+]c1cc(-c2nnc(-c3cccc4c3CCC[C@H]4NS(C)(=O)=O)s2)ccc1OC(C)C.